The molecular weight excluding hydrogens is 464 g/mol. The smallest absolute Gasteiger partial charge is 0.323 e. The molecule has 7 nitrogen and oxygen atoms in total. The summed E-state index contributed by atoms with van der Waals surface area (Å²) in [6.45, 7) is 8.43. The van der Waals surface area contributed by atoms with E-state index in [1.807, 2.05) is 74.5 Å². The van der Waals surface area contributed by atoms with Gasteiger partial charge in [-0.2, -0.15) is 0 Å². The van der Waals surface area contributed by atoms with Gasteiger partial charge in [-0.25, -0.2) is 4.79 Å². The number of benzene rings is 3. The predicted molar refractivity (Wildman–Crippen MR) is 150 cm³/mol. The quantitative estimate of drug-likeness (QED) is 0.332. The van der Waals surface area contributed by atoms with E-state index in [0.717, 1.165) is 37.2 Å². The van der Waals surface area contributed by atoms with Crippen molar-refractivity contribution < 1.29 is 14.3 Å². The second-order valence-corrected chi connectivity index (χ2v) is 9.52. The summed E-state index contributed by atoms with van der Waals surface area (Å²) in [5.74, 6) is 1.11. The molecule has 0 aromatic heterocycles. The fourth-order valence-electron chi connectivity index (χ4n) is 4.56. The molecule has 1 fully saturated rings. The SMILES string of the molecule is CCOc1ccccc1NC(=O)Nc1ccc(N2CCC(C)CC2)c(C(=O)NC(C)c2ccccc2)c1. The fourth-order valence-corrected chi connectivity index (χ4v) is 4.56. The van der Waals surface area contributed by atoms with Crippen molar-refractivity contribution in [3.8, 4) is 5.75 Å². The minimum Gasteiger partial charge on any atom is -0.492 e. The van der Waals surface area contributed by atoms with E-state index in [1.165, 1.54) is 0 Å². The number of rotatable bonds is 8. The molecule has 1 unspecified atom stereocenters. The Morgan fingerprint density at radius 3 is 2.41 bits per heavy atom. The van der Waals surface area contributed by atoms with Crippen molar-refractivity contribution in [1.82, 2.24) is 5.32 Å². The highest BCUT2D eigenvalue weighted by atomic mass is 16.5. The molecule has 1 saturated heterocycles. The van der Waals surface area contributed by atoms with Crippen molar-refractivity contribution >= 4 is 29.0 Å². The number of carbonyl (C=O) groups excluding carboxylic acids is 2. The van der Waals surface area contributed by atoms with Crippen LogP contribution in [0, 0.1) is 5.92 Å². The van der Waals surface area contributed by atoms with E-state index in [1.54, 1.807) is 12.1 Å². The second kappa shape index (κ2) is 12.3. The third-order valence-electron chi connectivity index (χ3n) is 6.71. The summed E-state index contributed by atoms with van der Waals surface area (Å²) in [4.78, 5) is 28.6. The molecule has 3 amide bonds. The lowest BCUT2D eigenvalue weighted by Crippen LogP contribution is -2.35. The van der Waals surface area contributed by atoms with Gasteiger partial charge in [0.25, 0.3) is 5.91 Å². The Labute approximate surface area is 219 Å². The van der Waals surface area contributed by atoms with Crippen LogP contribution in [-0.2, 0) is 0 Å². The van der Waals surface area contributed by atoms with Crippen LogP contribution in [0.2, 0.25) is 0 Å². The van der Waals surface area contributed by atoms with Crippen LogP contribution in [0.15, 0.2) is 72.8 Å². The van der Waals surface area contributed by atoms with Crippen LogP contribution in [0.25, 0.3) is 0 Å². The van der Waals surface area contributed by atoms with Crippen LogP contribution < -0.4 is 25.6 Å². The van der Waals surface area contributed by atoms with Gasteiger partial charge in [0.1, 0.15) is 5.75 Å². The zero-order valence-corrected chi connectivity index (χ0v) is 21.8. The number of amides is 3. The van der Waals surface area contributed by atoms with Crippen LogP contribution in [0.1, 0.15) is 55.6 Å². The van der Waals surface area contributed by atoms with Gasteiger partial charge in [-0.15, -0.1) is 0 Å². The van der Waals surface area contributed by atoms with Crippen LogP contribution in [0.5, 0.6) is 5.75 Å². The highest BCUT2D eigenvalue weighted by molar-refractivity contribution is 6.04. The molecule has 0 bridgehead atoms. The lowest BCUT2D eigenvalue weighted by atomic mass is 9.97. The molecule has 4 rings (SSSR count). The minimum absolute atomic E-state index is 0.155. The summed E-state index contributed by atoms with van der Waals surface area (Å²) in [6, 6.07) is 22.2. The zero-order chi connectivity index (χ0) is 26.2. The normalized spacial score (nSPS) is 14.5. The number of urea groups is 1. The van der Waals surface area contributed by atoms with Crippen molar-refractivity contribution in [2.24, 2.45) is 5.92 Å². The van der Waals surface area contributed by atoms with Crippen molar-refractivity contribution in [1.29, 1.82) is 0 Å². The molecular formula is C30H36N4O3. The molecule has 1 aliphatic rings. The van der Waals surface area contributed by atoms with Gasteiger partial charge in [-0.05, 0) is 68.5 Å². The van der Waals surface area contributed by atoms with Crippen molar-refractivity contribution in [2.75, 3.05) is 35.2 Å². The average molecular weight is 501 g/mol. The Morgan fingerprint density at radius 1 is 0.973 bits per heavy atom. The van der Waals surface area contributed by atoms with Gasteiger partial charge in [0, 0.05) is 24.5 Å². The molecule has 194 valence electrons. The lowest BCUT2D eigenvalue weighted by molar-refractivity contribution is 0.0940. The molecule has 1 aliphatic heterocycles. The standard InChI is InChI=1S/C30H36N4O3/c1-4-37-28-13-9-8-12-26(28)33-30(36)32-24-14-15-27(34-18-16-21(2)17-19-34)25(20-24)29(35)31-22(3)23-10-6-5-7-11-23/h5-15,20-22H,4,16-19H2,1-3H3,(H,31,35)(H2,32,33,36). The van der Waals surface area contributed by atoms with Crippen LogP contribution in [0.3, 0.4) is 0 Å². The number of para-hydroxylation sites is 2. The van der Waals surface area contributed by atoms with E-state index in [0.29, 0.717) is 35.2 Å². The van der Waals surface area contributed by atoms with E-state index < -0.39 is 6.03 Å². The molecule has 0 saturated carbocycles. The first-order valence-corrected chi connectivity index (χ1v) is 13.0. The molecule has 3 aromatic rings. The highest BCUT2D eigenvalue weighted by Gasteiger charge is 2.23. The van der Waals surface area contributed by atoms with Gasteiger partial charge in [-0.1, -0.05) is 49.4 Å². The number of nitrogens with one attached hydrogen (secondary N) is 3. The van der Waals surface area contributed by atoms with E-state index in [2.05, 4.69) is 27.8 Å². The second-order valence-electron chi connectivity index (χ2n) is 9.52. The summed E-state index contributed by atoms with van der Waals surface area (Å²) in [7, 11) is 0. The van der Waals surface area contributed by atoms with Crippen molar-refractivity contribution in [3.05, 3.63) is 83.9 Å². The Bertz CT molecular complexity index is 1210. The van der Waals surface area contributed by atoms with Crippen LogP contribution in [-0.4, -0.2) is 31.6 Å². The van der Waals surface area contributed by atoms with E-state index in [4.69, 9.17) is 4.74 Å². The highest BCUT2D eigenvalue weighted by Crippen LogP contribution is 2.30. The minimum atomic E-state index is -0.407. The molecule has 3 aromatic carbocycles. The number of nitrogens with zero attached hydrogens (tertiary/aromatic N) is 1. The van der Waals surface area contributed by atoms with Crippen molar-refractivity contribution in [2.45, 2.75) is 39.7 Å². The van der Waals surface area contributed by atoms with Gasteiger partial charge in [0.05, 0.1) is 23.9 Å². The topological polar surface area (TPSA) is 82.7 Å². The Balaban J connectivity index is 1.55. The number of ether oxygens (including phenoxy) is 1. The number of piperidine rings is 1. The lowest BCUT2D eigenvalue weighted by Gasteiger charge is -2.33. The van der Waals surface area contributed by atoms with Gasteiger partial charge in [0.2, 0.25) is 0 Å². The van der Waals surface area contributed by atoms with Gasteiger partial charge in [-0.3, -0.25) is 4.79 Å². The Hall–Kier alpha value is -4.00. The third kappa shape index (κ3) is 6.82. The summed E-state index contributed by atoms with van der Waals surface area (Å²) in [6.07, 6.45) is 2.17. The summed E-state index contributed by atoms with van der Waals surface area (Å²) in [5, 5.41) is 8.85. The number of anilines is 3. The summed E-state index contributed by atoms with van der Waals surface area (Å²) < 4.78 is 5.60. The molecule has 0 radical (unpaired) electrons. The largest absolute Gasteiger partial charge is 0.492 e. The summed E-state index contributed by atoms with van der Waals surface area (Å²) >= 11 is 0. The maximum Gasteiger partial charge on any atom is 0.323 e. The monoisotopic (exact) mass is 500 g/mol. The molecule has 7 heteroatoms. The molecule has 37 heavy (non-hydrogen) atoms. The molecule has 1 atom stereocenters. The molecule has 1 heterocycles. The molecule has 0 spiro atoms. The molecule has 0 aliphatic carbocycles. The van der Waals surface area contributed by atoms with Crippen LogP contribution >= 0.6 is 0 Å². The van der Waals surface area contributed by atoms with Gasteiger partial charge < -0.3 is 25.6 Å². The van der Waals surface area contributed by atoms with Gasteiger partial charge in [0.15, 0.2) is 0 Å². The maximum absolute atomic E-state index is 13.5. The predicted octanol–water partition coefficient (Wildman–Crippen LogP) is 6.46. The van der Waals surface area contributed by atoms with Gasteiger partial charge >= 0.3 is 6.03 Å². The molecule has 3 N–H and O–H groups in total. The van der Waals surface area contributed by atoms with E-state index in [9.17, 15) is 9.59 Å². The number of carbonyl (C=O) groups is 2. The first kappa shape index (κ1) is 26.1. The Kier molecular flexibility index (Phi) is 8.67. The fraction of sp³-hybridized carbons (Fsp3) is 0.333. The first-order valence-electron chi connectivity index (χ1n) is 13.0. The number of hydrogen-bond acceptors (Lipinski definition) is 4. The maximum atomic E-state index is 13.5. The Morgan fingerprint density at radius 2 is 1.68 bits per heavy atom. The third-order valence-corrected chi connectivity index (χ3v) is 6.71. The van der Waals surface area contributed by atoms with Crippen molar-refractivity contribution in [3.63, 3.8) is 0 Å². The van der Waals surface area contributed by atoms with E-state index in [-0.39, 0.29) is 11.9 Å². The zero-order valence-electron chi connectivity index (χ0n) is 21.8. The summed E-state index contributed by atoms with van der Waals surface area (Å²) in [5.41, 5.74) is 3.58. The first-order chi connectivity index (χ1) is 17.9. The average Bonchev–Trinajstić information content (AvgIpc) is 2.91. The van der Waals surface area contributed by atoms with Crippen LogP contribution in [0.4, 0.5) is 21.9 Å². The number of hydrogen-bond donors (Lipinski definition) is 3. The van der Waals surface area contributed by atoms with E-state index >= 15 is 0 Å².